The van der Waals surface area contributed by atoms with Crippen LogP contribution in [0.5, 0.6) is 0 Å². The van der Waals surface area contributed by atoms with Gasteiger partial charge in [-0.1, -0.05) is 65.7 Å². The van der Waals surface area contributed by atoms with Crippen LogP contribution < -0.4 is 5.73 Å². The van der Waals surface area contributed by atoms with Crippen LogP contribution in [0.4, 0.5) is 0 Å². The molecule has 1 amide bonds. The van der Waals surface area contributed by atoms with Crippen molar-refractivity contribution >= 4 is 50.0 Å². The highest BCUT2D eigenvalue weighted by Gasteiger charge is 2.35. The molecule has 0 bridgehead atoms. The summed E-state index contributed by atoms with van der Waals surface area (Å²) in [5.74, 6) is -0.712. The fourth-order valence-corrected chi connectivity index (χ4v) is 8.47. The summed E-state index contributed by atoms with van der Waals surface area (Å²) in [7, 11) is -3.88. The van der Waals surface area contributed by atoms with Gasteiger partial charge >= 0.3 is 0 Å². The minimum atomic E-state index is -3.88. The van der Waals surface area contributed by atoms with Crippen LogP contribution >= 0.6 is 23.2 Å². The molecule has 0 unspecified atom stereocenters. The normalized spacial score (nSPS) is 16.4. The van der Waals surface area contributed by atoms with E-state index in [-0.39, 0.29) is 22.3 Å². The average molecular weight is 660 g/mol. The Morgan fingerprint density at radius 1 is 0.800 bits per heavy atom. The lowest BCUT2D eigenvalue weighted by Crippen LogP contribution is -2.38. The second kappa shape index (κ2) is 11.9. The molecule has 7 nitrogen and oxygen atoms in total. The first-order chi connectivity index (χ1) is 21.7. The fourth-order valence-electron chi connectivity index (χ4n) is 6.55. The van der Waals surface area contributed by atoms with Crippen molar-refractivity contribution in [2.24, 2.45) is 5.73 Å². The van der Waals surface area contributed by atoms with Crippen LogP contribution in [-0.4, -0.2) is 41.5 Å². The number of carbonyl (C=O) groups excluding carboxylic acids is 1. The number of aromatic nitrogens is 2. The number of piperidine rings is 1. The van der Waals surface area contributed by atoms with Gasteiger partial charge in [0.15, 0.2) is 0 Å². The van der Waals surface area contributed by atoms with Crippen LogP contribution in [0.3, 0.4) is 0 Å². The van der Waals surface area contributed by atoms with Gasteiger partial charge in [0.1, 0.15) is 0 Å². The highest BCUT2D eigenvalue weighted by Crippen LogP contribution is 2.43. The molecule has 45 heavy (non-hydrogen) atoms. The van der Waals surface area contributed by atoms with Crippen LogP contribution in [0, 0.1) is 0 Å². The molecule has 1 saturated carbocycles. The van der Waals surface area contributed by atoms with E-state index in [1.807, 2.05) is 24.3 Å². The summed E-state index contributed by atoms with van der Waals surface area (Å²) in [6, 6.07) is 29.1. The number of hydrogen-bond donors (Lipinski definition) is 1. The third kappa shape index (κ3) is 5.76. The number of primary amides is 1. The van der Waals surface area contributed by atoms with E-state index in [9.17, 15) is 13.2 Å². The summed E-state index contributed by atoms with van der Waals surface area (Å²) in [6.07, 6.45) is 3.45. The number of hydrogen-bond acceptors (Lipinski definition) is 4. The third-order valence-corrected chi connectivity index (χ3v) is 11.5. The molecule has 5 aromatic rings. The molecule has 1 saturated heterocycles. The topological polar surface area (TPSA) is 98.3 Å². The fraction of sp³-hybridized carbons (Fsp3) is 0.257. The van der Waals surface area contributed by atoms with E-state index in [1.165, 1.54) is 16.4 Å². The van der Waals surface area contributed by atoms with Crippen molar-refractivity contribution in [2.75, 3.05) is 13.1 Å². The number of halogens is 2. The Hall–Kier alpha value is -3.69. The van der Waals surface area contributed by atoms with Gasteiger partial charge in [-0.05, 0) is 90.9 Å². The highest BCUT2D eigenvalue weighted by molar-refractivity contribution is 7.89. The van der Waals surface area contributed by atoms with Crippen molar-refractivity contribution in [3.05, 3.63) is 129 Å². The summed E-state index contributed by atoms with van der Waals surface area (Å²) in [5.41, 5.74) is 11.0. The smallest absolute Gasteiger partial charge is 0.250 e. The molecule has 4 aromatic carbocycles. The quantitative estimate of drug-likeness (QED) is 0.174. The molecule has 1 aliphatic heterocycles. The summed E-state index contributed by atoms with van der Waals surface area (Å²) >= 11 is 12.5. The van der Waals surface area contributed by atoms with Gasteiger partial charge in [-0.15, -0.1) is 0 Å². The number of fused-ring (bicyclic) bond motifs is 1. The maximum absolute atomic E-state index is 13.6. The minimum absolute atomic E-state index is 0.0113. The van der Waals surface area contributed by atoms with E-state index in [0.29, 0.717) is 42.0 Å². The van der Waals surface area contributed by atoms with Crippen LogP contribution in [0.25, 0.3) is 10.9 Å². The lowest BCUT2D eigenvalue weighted by Gasteiger charge is -2.31. The molecule has 230 valence electrons. The Labute approximate surface area is 272 Å². The minimum Gasteiger partial charge on any atom is -0.366 e. The van der Waals surface area contributed by atoms with Gasteiger partial charge in [0.25, 0.3) is 0 Å². The lowest BCUT2D eigenvalue weighted by atomic mass is 9.84. The van der Waals surface area contributed by atoms with Gasteiger partial charge < -0.3 is 5.73 Å². The molecule has 0 spiro atoms. The number of rotatable bonds is 8. The lowest BCUT2D eigenvalue weighted by molar-refractivity contribution is 0.0997. The van der Waals surface area contributed by atoms with Gasteiger partial charge in [0.2, 0.25) is 15.9 Å². The standard InChI is InChI=1S/C35H32Cl2N4O3S/c36-26-10-5-22(6-11-26)33(23-7-12-27(37)13-8-23)25-9-16-31-30(21-25)34(39-41(31)28-14-15-28)24-17-19-40(20-18-24)45(43,44)32-4-2-1-3-29(32)35(38)42/h1-13,16,21,24,28,33H,14-15,17-20H2,(H2,38,42). The van der Waals surface area contributed by atoms with Crippen LogP contribution in [-0.2, 0) is 10.0 Å². The Kier molecular flexibility index (Phi) is 7.94. The van der Waals surface area contributed by atoms with Crippen LogP contribution in [0.15, 0.2) is 95.9 Å². The molecule has 0 atom stereocenters. The Balaban J connectivity index is 1.24. The second-order valence-electron chi connectivity index (χ2n) is 11.9. The summed E-state index contributed by atoms with van der Waals surface area (Å²) in [5, 5.41) is 7.65. The molecule has 2 fully saturated rings. The van der Waals surface area contributed by atoms with E-state index in [2.05, 4.69) is 47.1 Å². The molecule has 2 N–H and O–H groups in total. The first-order valence-electron chi connectivity index (χ1n) is 15.1. The Morgan fingerprint density at radius 2 is 1.38 bits per heavy atom. The predicted octanol–water partition coefficient (Wildman–Crippen LogP) is 7.53. The predicted molar refractivity (Wildman–Crippen MR) is 178 cm³/mol. The first-order valence-corrected chi connectivity index (χ1v) is 17.3. The molecule has 1 aromatic heterocycles. The maximum atomic E-state index is 13.6. The molecular formula is C35H32Cl2N4O3S. The SMILES string of the molecule is NC(=O)c1ccccc1S(=O)(=O)N1CCC(c2nn(C3CC3)c3ccc(C(c4ccc(Cl)cc4)c4ccc(Cl)cc4)cc23)CC1. The third-order valence-electron chi connectivity index (χ3n) is 9.00. The van der Waals surface area contributed by atoms with Gasteiger partial charge in [-0.25, -0.2) is 8.42 Å². The van der Waals surface area contributed by atoms with Crippen LogP contribution in [0.2, 0.25) is 10.0 Å². The van der Waals surface area contributed by atoms with Crippen molar-refractivity contribution in [1.82, 2.24) is 14.1 Å². The number of carbonyl (C=O) groups is 1. The van der Waals surface area contributed by atoms with E-state index in [1.54, 1.807) is 12.1 Å². The zero-order valence-electron chi connectivity index (χ0n) is 24.4. The molecule has 1 aliphatic carbocycles. The highest BCUT2D eigenvalue weighted by atomic mass is 35.5. The summed E-state index contributed by atoms with van der Waals surface area (Å²) in [4.78, 5) is 11.9. The zero-order chi connectivity index (χ0) is 31.3. The molecular weight excluding hydrogens is 627 g/mol. The Bertz CT molecular complexity index is 1950. The Morgan fingerprint density at radius 3 is 1.96 bits per heavy atom. The number of nitrogens with zero attached hydrogens (tertiary/aromatic N) is 3. The number of nitrogens with two attached hydrogens (primary N) is 1. The molecule has 7 rings (SSSR count). The molecule has 2 aliphatic rings. The van der Waals surface area contributed by atoms with E-state index >= 15 is 0 Å². The summed E-state index contributed by atoms with van der Waals surface area (Å²) < 4.78 is 30.8. The van der Waals surface area contributed by atoms with Crippen LogP contribution in [0.1, 0.15) is 76.3 Å². The molecule has 0 radical (unpaired) electrons. The van der Waals surface area contributed by atoms with E-state index in [4.69, 9.17) is 34.0 Å². The number of amides is 1. The molecule has 2 heterocycles. The summed E-state index contributed by atoms with van der Waals surface area (Å²) in [6.45, 7) is 0.658. The number of sulfonamides is 1. The van der Waals surface area contributed by atoms with Crippen molar-refractivity contribution in [2.45, 2.75) is 48.5 Å². The van der Waals surface area contributed by atoms with Crippen molar-refractivity contribution in [3.63, 3.8) is 0 Å². The van der Waals surface area contributed by atoms with Gasteiger partial charge in [-0.2, -0.15) is 9.40 Å². The number of benzene rings is 4. The van der Waals surface area contributed by atoms with Gasteiger partial charge in [0.05, 0.1) is 27.7 Å². The van der Waals surface area contributed by atoms with E-state index < -0.39 is 15.9 Å². The zero-order valence-corrected chi connectivity index (χ0v) is 26.8. The largest absolute Gasteiger partial charge is 0.366 e. The monoisotopic (exact) mass is 658 g/mol. The second-order valence-corrected chi connectivity index (χ2v) is 14.7. The van der Waals surface area contributed by atoms with Gasteiger partial charge in [0, 0.05) is 40.4 Å². The van der Waals surface area contributed by atoms with Crippen molar-refractivity contribution in [3.8, 4) is 0 Å². The van der Waals surface area contributed by atoms with Crippen molar-refractivity contribution in [1.29, 1.82) is 0 Å². The van der Waals surface area contributed by atoms with Crippen molar-refractivity contribution < 1.29 is 13.2 Å². The van der Waals surface area contributed by atoms with Gasteiger partial charge in [-0.3, -0.25) is 9.48 Å². The average Bonchev–Trinajstić information content (AvgIpc) is 3.83. The maximum Gasteiger partial charge on any atom is 0.250 e. The van der Waals surface area contributed by atoms with E-state index in [0.717, 1.165) is 46.1 Å². The molecule has 10 heteroatoms. The first kappa shape index (κ1) is 30.0.